The molecule has 3 rings (SSSR count). The minimum Gasteiger partial charge on any atom is -0.492 e. The van der Waals surface area contributed by atoms with E-state index in [-0.39, 0.29) is 21.8 Å². The quantitative estimate of drug-likeness (QED) is 0.510. The van der Waals surface area contributed by atoms with Gasteiger partial charge in [0.05, 0.1) is 22.1 Å². The number of ether oxygens (including phenoxy) is 1. The molecule has 1 amide bonds. The van der Waals surface area contributed by atoms with Gasteiger partial charge in [0.25, 0.3) is 11.6 Å². The third kappa shape index (κ3) is 5.02. The van der Waals surface area contributed by atoms with Gasteiger partial charge in [-0.2, -0.15) is 4.31 Å². The van der Waals surface area contributed by atoms with Crippen LogP contribution in [0.5, 0.6) is 5.75 Å². The van der Waals surface area contributed by atoms with Crippen LogP contribution < -0.4 is 10.1 Å². The second-order valence-electron chi connectivity index (χ2n) is 7.27. The number of benzene rings is 2. The summed E-state index contributed by atoms with van der Waals surface area (Å²) in [5, 5.41) is 13.8. The zero-order valence-corrected chi connectivity index (χ0v) is 18.3. The zero-order chi connectivity index (χ0) is 22.6. The molecule has 0 spiro atoms. The first kappa shape index (κ1) is 22.7. The molecular weight excluding hydrogens is 422 g/mol. The summed E-state index contributed by atoms with van der Waals surface area (Å²) in [6, 6.07) is 8.50. The Morgan fingerprint density at radius 3 is 2.52 bits per heavy atom. The Morgan fingerprint density at radius 1 is 1.16 bits per heavy atom. The van der Waals surface area contributed by atoms with E-state index < -0.39 is 20.9 Å². The molecule has 1 fully saturated rings. The summed E-state index contributed by atoms with van der Waals surface area (Å²) >= 11 is 0. The van der Waals surface area contributed by atoms with Crippen molar-refractivity contribution in [1.29, 1.82) is 0 Å². The van der Waals surface area contributed by atoms with Gasteiger partial charge in [0, 0.05) is 30.3 Å². The van der Waals surface area contributed by atoms with E-state index in [4.69, 9.17) is 4.74 Å². The van der Waals surface area contributed by atoms with Gasteiger partial charge in [0.1, 0.15) is 5.75 Å². The monoisotopic (exact) mass is 447 g/mol. The number of nitrogens with zero attached hydrogens (tertiary/aromatic N) is 2. The summed E-state index contributed by atoms with van der Waals surface area (Å²) in [7, 11) is -3.70. The molecule has 0 radical (unpaired) electrons. The van der Waals surface area contributed by atoms with Gasteiger partial charge in [-0.25, -0.2) is 8.42 Å². The predicted molar refractivity (Wildman–Crippen MR) is 116 cm³/mol. The lowest BCUT2D eigenvalue weighted by Gasteiger charge is -2.26. The Hall–Kier alpha value is -2.98. The summed E-state index contributed by atoms with van der Waals surface area (Å²) in [6.07, 6.45) is 2.62. The van der Waals surface area contributed by atoms with Gasteiger partial charge >= 0.3 is 0 Å². The van der Waals surface area contributed by atoms with Crippen LogP contribution in [0.2, 0.25) is 0 Å². The van der Waals surface area contributed by atoms with Crippen LogP contribution in [0, 0.1) is 17.0 Å². The molecule has 10 heteroatoms. The Balaban J connectivity index is 1.94. The maximum Gasteiger partial charge on any atom is 0.273 e. The van der Waals surface area contributed by atoms with Crippen LogP contribution in [-0.4, -0.2) is 43.2 Å². The molecule has 0 unspecified atom stereocenters. The topological polar surface area (TPSA) is 119 Å². The molecule has 0 aromatic heterocycles. The summed E-state index contributed by atoms with van der Waals surface area (Å²) in [5.74, 6) is -0.286. The number of rotatable bonds is 7. The lowest BCUT2D eigenvalue weighted by molar-refractivity contribution is -0.385. The van der Waals surface area contributed by atoms with Crippen molar-refractivity contribution in [3.8, 4) is 5.75 Å². The van der Waals surface area contributed by atoms with E-state index in [0.29, 0.717) is 31.0 Å². The fraction of sp³-hybridized carbons (Fsp3) is 0.381. The van der Waals surface area contributed by atoms with Crippen molar-refractivity contribution in [2.45, 2.75) is 38.0 Å². The number of aryl methyl sites for hydroxylation is 1. The van der Waals surface area contributed by atoms with Gasteiger partial charge < -0.3 is 10.1 Å². The summed E-state index contributed by atoms with van der Waals surface area (Å²) < 4.78 is 33.0. The van der Waals surface area contributed by atoms with Crippen LogP contribution in [-0.2, 0) is 10.0 Å². The van der Waals surface area contributed by atoms with Crippen LogP contribution in [0.15, 0.2) is 41.3 Å². The number of piperidine rings is 1. The number of carbonyl (C=O) groups excluding carboxylic acids is 1. The van der Waals surface area contributed by atoms with E-state index in [0.717, 1.165) is 19.3 Å². The van der Waals surface area contributed by atoms with Crippen LogP contribution in [0.1, 0.15) is 42.1 Å². The highest BCUT2D eigenvalue weighted by atomic mass is 32.2. The molecule has 9 nitrogen and oxygen atoms in total. The van der Waals surface area contributed by atoms with Crippen molar-refractivity contribution >= 4 is 27.3 Å². The molecule has 1 saturated heterocycles. The molecule has 0 saturated carbocycles. The molecule has 1 aliphatic heterocycles. The normalized spacial score (nSPS) is 14.8. The van der Waals surface area contributed by atoms with E-state index in [2.05, 4.69) is 5.32 Å². The van der Waals surface area contributed by atoms with Crippen molar-refractivity contribution in [2.75, 3.05) is 25.0 Å². The van der Waals surface area contributed by atoms with Crippen LogP contribution in [0.25, 0.3) is 0 Å². The molecular formula is C21H25N3O6S. The molecule has 1 heterocycles. The van der Waals surface area contributed by atoms with E-state index in [9.17, 15) is 23.3 Å². The standard InChI is InChI=1S/C21H25N3O6S/c1-3-30-20-10-9-17(31(28,29)23-11-5-4-6-12-23)14-18(20)22-21(25)16-8-7-15(2)19(13-16)24(26)27/h7-10,13-14H,3-6,11-12H2,1-2H3,(H,22,25). The molecule has 31 heavy (non-hydrogen) atoms. The number of amides is 1. The Kier molecular flexibility index (Phi) is 6.91. The van der Waals surface area contributed by atoms with Gasteiger partial charge in [0.2, 0.25) is 10.0 Å². The predicted octanol–water partition coefficient (Wildman–Crippen LogP) is 3.73. The highest BCUT2D eigenvalue weighted by Gasteiger charge is 2.27. The number of hydrogen-bond donors (Lipinski definition) is 1. The van der Waals surface area contributed by atoms with Gasteiger partial charge in [-0.1, -0.05) is 12.5 Å². The second kappa shape index (κ2) is 9.44. The van der Waals surface area contributed by atoms with Crippen LogP contribution >= 0.6 is 0 Å². The summed E-state index contributed by atoms with van der Waals surface area (Å²) in [5.41, 5.74) is 0.544. The molecule has 1 aliphatic rings. The maximum atomic E-state index is 13.0. The van der Waals surface area contributed by atoms with Crippen molar-refractivity contribution in [3.05, 3.63) is 57.6 Å². The van der Waals surface area contributed by atoms with Crippen molar-refractivity contribution in [1.82, 2.24) is 4.31 Å². The maximum absolute atomic E-state index is 13.0. The molecule has 2 aromatic rings. The number of nitro benzene ring substituents is 1. The smallest absolute Gasteiger partial charge is 0.273 e. The van der Waals surface area contributed by atoms with E-state index >= 15 is 0 Å². The summed E-state index contributed by atoms with van der Waals surface area (Å²) in [6.45, 7) is 4.60. The average molecular weight is 448 g/mol. The third-order valence-electron chi connectivity index (χ3n) is 5.12. The van der Waals surface area contributed by atoms with Gasteiger partial charge in [0.15, 0.2) is 0 Å². The zero-order valence-electron chi connectivity index (χ0n) is 17.5. The van der Waals surface area contributed by atoms with Gasteiger partial charge in [-0.15, -0.1) is 0 Å². The van der Waals surface area contributed by atoms with E-state index in [1.54, 1.807) is 13.8 Å². The first-order valence-corrected chi connectivity index (χ1v) is 11.5. The fourth-order valence-electron chi connectivity index (χ4n) is 3.44. The number of anilines is 1. The fourth-order valence-corrected chi connectivity index (χ4v) is 4.99. The van der Waals surface area contributed by atoms with Crippen molar-refractivity contribution in [2.24, 2.45) is 0 Å². The largest absolute Gasteiger partial charge is 0.492 e. The molecule has 0 atom stereocenters. The highest BCUT2D eigenvalue weighted by molar-refractivity contribution is 7.89. The second-order valence-corrected chi connectivity index (χ2v) is 9.21. The minimum absolute atomic E-state index is 0.0584. The van der Waals surface area contributed by atoms with E-state index in [1.165, 1.54) is 40.7 Å². The molecule has 0 bridgehead atoms. The SMILES string of the molecule is CCOc1ccc(S(=O)(=O)N2CCCCC2)cc1NC(=O)c1ccc(C)c([N+](=O)[O-])c1. The number of nitrogens with one attached hydrogen (secondary N) is 1. The molecule has 0 aliphatic carbocycles. The first-order chi connectivity index (χ1) is 14.7. The van der Waals surface area contributed by atoms with Crippen molar-refractivity contribution in [3.63, 3.8) is 0 Å². The average Bonchev–Trinajstić information content (AvgIpc) is 2.75. The lowest BCUT2D eigenvalue weighted by atomic mass is 10.1. The van der Waals surface area contributed by atoms with Crippen molar-refractivity contribution < 1.29 is 22.9 Å². The number of nitro groups is 1. The lowest BCUT2D eigenvalue weighted by Crippen LogP contribution is -2.35. The third-order valence-corrected chi connectivity index (χ3v) is 7.01. The van der Waals surface area contributed by atoms with Crippen LogP contribution in [0.4, 0.5) is 11.4 Å². The highest BCUT2D eigenvalue weighted by Crippen LogP contribution is 2.31. The minimum atomic E-state index is -3.70. The molecule has 2 aromatic carbocycles. The van der Waals surface area contributed by atoms with Gasteiger partial charge in [-0.05, 0) is 51.0 Å². The molecule has 1 N–H and O–H groups in total. The number of hydrogen-bond acceptors (Lipinski definition) is 6. The van der Waals surface area contributed by atoms with Crippen LogP contribution in [0.3, 0.4) is 0 Å². The Bertz CT molecular complexity index is 1090. The Morgan fingerprint density at radius 2 is 1.87 bits per heavy atom. The van der Waals surface area contributed by atoms with Gasteiger partial charge in [-0.3, -0.25) is 14.9 Å². The Labute approximate surface area is 181 Å². The van der Waals surface area contributed by atoms with E-state index in [1.807, 2.05) is 0 Å². The summed E-state index contributed by atoms with van der Waals surface area (Å²) in [4.78, 5) is 23.5. The molecule has 166 valence electrons. The number of carbonyl (C=O) groups is 1. The number of sulfonamides is 1. The first-order valence-electron chi connectivity index (χ1n) is 10.1.